The Balaban J connectivity index is 2.56. The van der Waals surface area contributed by atoms with Crippen LogP contribution in [0.1, 0.15) is 323 Å². The predicted octanol–water partition coefficient (Wildman–Crippen LogP) is 20.5. The molecule has 8 unspecified atom stereocenters. The second-order valence-corrected chi connectivity index (χ2v) is 26.0. The largest absolute Gasteiger partial charge is 0.454 e. The summed E-state index contributed by atoms with van der Waals surface area (Å²) in [6.45, 7) is 5.68. The van der Waals surface area contributed by atoms with Gasteiger partial charge in [0.2, 0.25) is 5.91 Å². The van der Waals surface area contributed by atoms with Crippen molar-refractivity contribution in [1.29, 1.82) is 0 Å². The van der Waals surface area contributed by atoms with Crippen molar-refractivity contribution >= 4 is 11.9 Å². The van der Waals surface area contributed by atoms with E-state index in [0.29, 0.717) is 12.8 Å². The molecule has 6 N–H and O–H groups in total. The Kier molecular flexibility index (Phi) is 63.7. The van der Waals surface area contributed by atoms with Crippen LogP contribution in [0.15, 0.2) is 122 Å². The second kappa shape index (κ2) is 68.0. The molecule has 1 saturated heterocycles. The summed E-state index contributed by atoms with van der Waals surface area (Å²) in [5, 5.41) is 57.4. The predicted molar refractivity (Wildman–Crippen MR) is 393 cm³/mol. The number of esters is 1. The molecule has 0 aliphatic carbocycles. The maximum absolute atomic E-state index is 13.5. The van der Waals surface area contributed by atoms with Crippen LogP contribution in [0.25, 0.3) is 0 Å². The van der Waals surface area contributed by atoms with E-state index in [1.807, 2.05) is 6.08 Å². The standard InChI is InChI=1S/C82H141NO10/c1-4-7-10-13-16-19-22-25-27-29-31-33-35-37-38-39-41-43-45-47-49-52-55-58-61-64-67-70-77(87)93-80-79(89)78(88)76(71-84)92-82(80)91-72-73(74(85)68-65-62-59-56-53-50-24-21-18-15-12-9-6-3)83-81(90)75(86)69-66-63-60-57-54-51-48-46-44-42-40-36-34-32-30-28-26-23-20-17-14-11-8-5-2/h7,10,16-17,19-20,25-28,31-34,37-38,41,43,65,68,73-76,78-80,82,84-86,88-89H,4-6,8-9,11-15,18,21-24,29-30,35-36,39-40,42,44-64,66-67,69-72H2,1-3H3,(H,83,90)/b10-7-,19-16-,20-17-,27-25-,28-26-,33-31-,34-32-,38-37-,43-41-,68-65+. The van der Waals surface area contributed by atoms with E-state index >= 15 is 0 Å². The Morgan fingerprint density at radius 3 is 1.18 bits per heavy atom. The smallest absolute Gasteiger partial charge is 0.306 e. The van der Waals surface area contributed by atoms with Crippen LogP contribution >= 0.6 is 0 Å². The number of rotatable bonds is 65. The summed E-state index contributed by atoms with van der Waals surface area (Å²) in [5.74, 6) is -1.20. The normalized spacial score (nSPS) is 18.6. The number of amides is 1. The molecule has 0 aromatic rings. The molecule has 1 aliphatic rings. The van der Waals surface area contributed by atoms with E-state index in [4.69, 9.17) is 14.2 Å². The number of carbonyl (C=O) groups is 2. The van der Waals surface area contributed by atoms with E-state index in [2.05, 4.69) is 135 Å². The number of nitrogens with one attached hydrogen (secondary N) is 1. The highest BCUT2D eigenvalue weighted by Gasteiger charge is 2.47. The summed E-state index contributed by atoms with van der Waals surface area (Å²) in [7, 11) is 0. The van der Waals surface area contributed by atoms with Crippen LogP contribution in [0.2, 0.25) is 0 Å². The van der Waals surface area contributed by atoms with Gasteiger partial charge in [-0.15, -0.1) is 0 Å². The topological polar surface area (TPSA) is 175 Å². The molecule has 1 heterocycles. The fraction of sp³-hybridized carbons (Fsp3) is 0.732. The van der Waals surface area contributed by atoms with Gasteiger partial charge in [0.15, 0.2) is 12.4 Å². The third kappa shape index (κ3) is 54.8. The van der Waals surface area contributed by atoms with Crippen molar-refractivity contribution in [3.63, 3.8) is 0 Å². The van der Waals surface area contributed by atoms with Gasteiger partial charge >= 0.3 is 5.97 Å². The highest BCUT2D eigenvalue weighted by molar-refractivity contribution is 5.80. The van der Waals surface area contributed by atoms with E-state index in [-0.39, 0.29) is 19.4 Å². The van der Waals surface area contributed by atoms with Gasteiger partial charge in [-0.25, -0.2) is 0 Å². The van der Waals surface area contributed by atoms with Gasteiger partial charge in [0, 0.05) is 6.42 Å². The van der Waals surface area contributed by atoms with Gasteiger partial charge in [0.05, 0.1) is 25.4 Å². The van der Waals surface area contributed by atoms with E-state index in [0.717, 1.165) is 128 Å². The molecule has 0 saturated carbocycles. The Labute approximate surface area is 570 Å². The van der Waals surface area contributed by atoms with Gasteiger partial charge in [0.1, 0.15) is 24.4 Å². The maximum atomic E-state index is 13.5. The molecule has 0 spiro atoms. The number of unbranched alkanes of at least 4 members (excludes halogenated alkanes) is 33. The molecule has 0 bridgehead atoms. The number of hydrogen-bond donors (Lipinski definition) is 6. The van der Waals surface area contributed by atoms with Crippen molar-refractivity contribution in [3.8, 4) is 0 Å². The minimum absolute atomic E-state index is 0.108. The molecular weight excluding hydrogens is 1160 g/mol. The van der Waals surface area contributed by atoms with Crippen LogP contribution in [0.3, 0.4) is 0 Å². The quantitative estimate of drug-likeness (QED) is 0.0195. The molecule has 0 aromatic carbocycles. The first-order valence-corrected chi connectivity index (χ1v) is 38.3. The average Bonchev–Trinajstić information content (AvgIpc) is 0.844. The van der Waals surface area contributed by atoms with Crippen molar-refractivity contribution in [2.45, 2.75) is 372 Å². The zero-order valence-electron chi connectivity index (χ0n) is 59.6. The lowest BCUT2D eigenvalue weighted by atomic mass is 9.99. The summed E-state index contributed by atoms with van der Waals surface area (Å²) in [5.41, 5.74) is 0. The summed E-state index contributed by atoms with van der Waals surface area (Å²) >= 11 is 0. The van der Waals surface area contributed by atoms with Crippen LogP contribution in [0.5, 0.6) is 0 Å². The lowest BCUT2D eigenvalue weighted by Gasteiger charge is -2.41. The molecule has 1 aliphatic heterocycles. The molecule has 1 fully saturated rings. The SMILES string of the molecule is CC/C=C\C/C=C\C/C=C\C/C=C\C/C=C\C/C=C\CCCCCCCCCCC(=O)OC1C(OCC(NC(=O)C(O)CCCCCCCCCCCCC/C=C\C/C=C\C/C=C\CCCCC)C(O)/C=C/CCCCCCCCCCCCC)OC(CO)C(O)C1O. The van der Waals surface area contributed by atoms with Crippen molar-refractivity contribution < 1.29 is 49.3 Å². The van der Waals surface area contributed by atoms with Crippen LogP contribution < -0.4 is 5.32 Å². The van der Waals surface area contributed by atoms with Crippen molar-refractivity contribution in [2.24, 2.45) is 0 Å². The molecular formula is C82H141NO10. The summed E-state index contributed by atoms with van der Waals surface area (Å²) in [6.07, 6.45) is 85.1. The number of ether oxygens (including phenoxy) is 3. The fourth-order valence-electron chi connectivity index (χ4n) is 11.4. The van der Waals surface area contributed by atoms with E-state index in [9.17, 15) is 35.1 Å². The highest BCUT2D eigenvalue weighted by Crippen LogP contribution is 2.26. The molecule has 11 heteroatoms. The van der Waals surface area contributed by atoms with Crippen molar-refractivity contribution in [3.05, 3.63) is 122 Å². The van der Waals surface area contributed by atoms with Gasteiger partial charge in [-0.1, -0.05) is 322 Å². The molecule has 1 amide bonds. The first kappa shape index (κ1) is 87.1. The summed E-state index contributed by atoms with van der Waals surface area (Å²) < 4.78 is 17.7. The molecule has 0 aromatic heterocycles. The fourth-order valence-corrected chi connectivity index (χ4v) is 11.4. The summed E-state index contributed by atoms with van der Waals surface area (Å²) in [6, 6.07) is -1.04. The first-order chi connectivity index (χ1) is 45.7. The third-order valence-corrected chi connectivity index (χ3v) is 17.3. The monoisotopic (exact) mass is 1300 g/mol. The van der Waals surface area contributed by atoms with Crippen LogP contribution in [-0.2, 0) is 23.8 Å². The minimum atomic E-state index is -1.63. The number of carbonyl (C=O) groups excluding carboxylic acids is 2. The maximum Gasteiger partial charge on any atom is 0.306 e. The van der Waals surface area contributed by atoms with Gasteiger partial charge in [0.25, 0.3) is 0 Å². The van der Waals surface area contributed by atoms with E-state index < -0.39 is 67.4 Å². The lowest BCUT2D eigenvalue weighted by molar-refractivity contribution is -0.305. The molecule has 8 atom stereocenters. The summed E-state index contributed by atoms with van der Waals surface area (Å²) in [4.78, 5) is 26.8. The van der Waals surface area contributed by atoms with Gasteiger partial charge in [-0.05, 0) is 116 Å². The lowest BCUT2D eigenvalue weighted by Crippen LogP contribution is -2.61. The average molecular weight is 1300 g/mol. The van der Waals surface area contributed by atoms with Gasteiger partial charge in [-0.3, -0.25) is 9.59 Å². The van der Waals surface area contributed by atoms with Crippen LogP contribution in [0.4, 0.5) is 0 Å². The van der Waals surface area contributed by atoms with Gasteiger partial charge in [-0.2, -0.15) is 0 Å². The molecule has 534 valence electrons. The molecule has 93 heavy (non-hydrogen) atoms. The zero-order chi connectivity index (χ0) is 67.4. The highest BCUT2D eigenvalue weighted by atomic mass is 16.7. The second-order valence-electron chi connectivity index (χ2n) is 26.0. The van der Waals surface area contributed by atoms with Gasteiger partial charge < -0.3 is 45.1 Å². The van der Waals surface area contributed by atoms with E-state index in [1.165, 1.54) is 148 Å². The van der Waals surface area contributed by atoms with Crippen molar-refractivity contribution in [1.82, 2.24) is 5.32 Å². The molecule has 11 nitrogen and oxygen atoms in total. The van der Waals surface area contributed by atoms with Crippen LogP contribution in [-0.4, -0.2) is 99.6 Å². The van der Waals surface area contributed by atoms with E-state index in [1.54, 1.807) is 6.08 Å². The Hall–Kier alpha value is -3.94. The van der Waals surface area contributed by atoms with Crippen molar-refractivity contribution in [2.75, 3.05) is 13.2 Å². The minimum Gasteiger partial charge on any atom is -0.454 e. The number of hydrogen-bond acceptors (Lipinski definition) is 10. The number of allylic oxidation sites excluding steroid dienone is 19. The Bertz CT molecular complexity index is 1980. The Morgan fingerprint density at radius 2 is 0.774 bits per heavy atom. The third-order valence-electron chi connectivity index (χ3n) is 17.3. The van der Waals surface area contributed by atoms with Crippen LogP contribution in [0, 0.1) is 0 Å². The Morgan fingerprint density at radius 1 is 0.430 bits per heavy atom. The number of aliphatic hydroxyl groups is 5. The molecule has 0 radical (unpaired) electrons. The first-order valence-electron chi connectivity index (χ1n) is 38.3. The molecule has 1 rings (SSSR count). The zero-order valence-corrected chi connectivity index (χ0v) is 59.6. The number of aliphatic hydroxyl groups excluding tert-OH is 5.